The fourth-order valence-corrected chi connectivity index (χ4v) is 4.22. The average molecular weight is 392 g/mol. The van der Waals surface area contributed by atoms with E-state index >= 15 is 0 Å². The van der Waals surface area contributed by atoms with E-state index in [2.05, 4.69) is 5.32 Å². The smallest absolute Gasteiger partial charge is 0.338 e. The molecule has 0 bridgehead atoms. The zero-order chi connectivity index (χ0) is 19.4. The number of carbonyl (C=O) groups excluding carboxylic acids is 2. The Labute approximate surface area is 155 Å². The summed E-state index contributed by atoms with van der Waals surface area (Å²) in [6, 6.07) is 11.5. The third-order valence-corrected chi connectivity index (χ3v) is 5.84. The van der Waals surface area contributed by atoms with Gasteiger partial charge >= 0.3 is 5.97 Å². The molecule has 1 N–H and O–H groups in total. The second kappa shape index (κ2) is 7.75. The molecule has 1 saturated heterocycles. The highest BCUT2D eigenvalue weighted by Crippen LogP contribution is 2.24. The molecule has 1 heterocycles. The lowest BCUT2D eigenvalue weighted by molar-refractivity contribution is -0.119. The van der Waals surface area contributed by atoms with Crippen molar-refractivity contribution in [2.24, 2.45) is 0 Å². The number of carbonyl (C=O) groups is 2. The Kier molecular flexibility index (Phi) is 5.41. The number of nitrogens with zero attached hydrogens (tertiary/aromatic N) is 1. The minimum absolute atomic E-state index is 0.00488. The number of sulfonamides is 1. The normalized spacial score (nSPS) is 15.4. The summed E-state index contributed by atoms with van der Waals surface area (Å²) in [6.07, 6.45) is 0.559. The van der Waals surface area contributed by atoms with Crippen LogP contribution in [-0.2, 0) is 19.6 Å². The third kappa shape index (κ3) is 4.43. The van der Waals surface area contributed by atoms with E-state index < -0.39 is 34.3 Å². The largest absolute Gasteiger partial charge is 0.452 e. The Morgan fingerprint density at radius 3 is 2.44 bits per heavy atom. The lowest BCUT2D eigenvalue weighted by Crippen LogP contribution is -2.25. The number of benzene rings is 2. The minimum Gasteiger partial charge on any atom is -0.452 e. The lowest BCUT2D eigenvalue weighted by atomic mass is 10.2. The van der Waals surface area contributed by atoms with E-state index in [1.165, 1.54) is 46.8 Å². The van der Waals surface area contributed by atoms with Gasteiger partial charge in [0.05, 0.1) is 22.7 Å². The quantitative estimate of drug-likeness (QED) is 0.787. The second-order valence-corrected chi connectivity index (χ2v) is 7.91. The summed E-state index contributed by atoms with van der Waals surface area (Å²) in [5.74, 6) is -1.90. The second-order valence-electron chi connectivity index (χ2n) is 5.89. The van der Waals surface area contributed by atoms with Crippen molar-refractivity contribution < 1.29 is 27.1 Å². The molecule has 0 aromatic heterocycles. The maximum absolute atomic E-state index is 13.5. The minimum atomic E-state index is -3.29. The van der Waals surface area contributed by atoms with Gasteiger partial charge in [-0.05, 0) is 42.8 Å². The van der Waals surface area contributed by atoms with Crippen molar-refractivity contribution in [2.75, 3.05) is 28.5 Å². The molecule has 0 radical (unpaired) electrons. The third-order valence-electron chi connectivity index (χ3n) is 3.97. The van der Waals surface area contributed by atoms with Gasteiger partial charge in [-0.2, -0.15) is 0 Å². The van der Waals surface area contributed by atoms with Crippen molar-refractivity contribution in [3.63, 3.8) is 0 Å². The Bertz CT molecular complexity index is 960. The first-order valence-corrected chi connectivity index (χ1v) is 9.80. The fraction of sp³-hybridized carbons (Fsp3) is 0.222. The summed E-state index contributed by atoms with van der Waals surface area (Å²) < 4.78 is 43.5. The summed E-state index contributed by atoms with van der Waals surface area (Å²) in [7, 11) is -3.29. The van der Waals surface area contributed by atoms with E-state index in [0.717, 1.165) is 0 Å². The van der Waals surface area contributed by atoms with Crippen LogP contribution in [0.3, 0.4) is 0 Å². The number of para-hydroxylation sites is 1. The predicted molar refractivity (Wildman–Crippen MR) is 97.5 cm³/mol. The molecule has 9 heteroatoms. The van der Waals surface area contributed by atoms with Gasteiger partial charge in [-0.1, -0.05) is 12.1 Å². The van der Waals surface area contributed by atoms with Crippen LogP contribution in [0.5, 0.6) is 0 Å². The van der Waals surface area contributed by atoms with Gasteiger partial charge in [-0.25, -0.2) is 17.6 Å². The van der Waals surface area contributed by atoms with Crippen LogP contribution in [0.2, 0.25) is 0 Å². The molecule has 0 aliphatic carbocycles. The molecule has 0 saturated carbocycles. The van der Waals surface area contributed by atoms with E-state index in [4.69, 9.17) is 4.74 Å². The van der Waals surface area contributed by atoms with Crippen molar-refractivity contribution in [2.45, 2.75) is 6.42 Å². The Morgan fingerprint density at radius 1 is 1.11 bits per heavy atom. The summed E-state index contributed by atoms with van der Waals surface area (Å²) in [5, 5.41) is 2.31. The highest BCUT2D eigenvalue weighted by Gasteiger charge is 2.28. The molecule has 2 aromatic rings. The van der Waals surface area contributed by atoms with Gasteiger partial charge in [0.25, 0.3) is 5.91 Å². The van der Waals surface area contributed by atoms with Crippen molar-refractivity contribution in [3.8, 4) is 0 Å². The van der Waals surface area contributed by atoms with Crippen molar-refractivity contribution in [1.82, 2.24) is 0 Å². The van der Waals surface area contributed by atoms with Gasteiger partial charge < -0.3 is 10.1 Å². The van der Waals surface area contributed by atoms with E-state index in [9.17, 15) is 22.4 Å². The van der Waals surface area contributed by atoms with E-state index in [-0.39, 0.29) is 17.0 Å². The molecule has 0 unspecified atom stereocenters. The monoisotopic (exact) mass is 392 g/mol. The molecule has 142 valence electrons. The van der Waals surface area contributed by atoms with Crippen LogP contribution in [0.25, 0.3) is 0 Å². The highest BCUT2D eigenvalue weighted by molar-refractivity contribution is 7.93. The van der Waals surface area contributed by atoms with Gasteiger partial charge in [0.15, 0.2) is 6.61 Å². The lowest BCUT2D eigenvalue weighted by Gasteiger charge is -2.16. The van der Waals surface area contributed by atoms with Gasteiger partial charge in [-0.3, -0.25) is 9.10 Å². The summed E-state index contributed by atoms with van der Waals surface area (Å²) in [4.78, 5) is 23.8. The van der Waals surface area contributed by atoms with Gasteiger partial charge in [0, 0.05) is 6.54 Å². The number of ether oxygens (including phenoxy) is 1. The zero-order valence-corrected chi connectivity index (χ0v) is 15.0. The number of hydrogen-bond donors (Lipinski definition) is 1. The number of anilines is 2. The van der Waals surface area contributed by atoms with E-state index in [1.54, 1.807) is 6.07 Å². The number of halogens is 1. The topological polar surface area (TPSA) is 92.8 Å². The Morgan fingerprint density at radius 2 is 1.81 bits per heavy atom. The van der Waals surface area contributed by atoms with Crippen LogP contribution < -0.4 is 9.62 Å². The molecular formula is C18H17FN2O5S. The molecule has 1 aliphatic rings. The first kappa shape index (κ1) is 18.8. The molecule has 27 heavy (non-hydrogen) atoms. The summed E-state index contributed by atoms with van der Waals surface area (Å²) >= 11 is 0. The van der Waals surface area contributed by atoms with Crippen LogP contribution in [0.4, 0.5) is 15.8 Å². The first-order valence-electron chi connectivity index (χ1n) is 8.19. The Hall–Kier alpha value is -2.94. The van der Waals surface area contributed by atoms with Crippen LogP contribution in [0.15, 0.2) is 48.5 Å². The molecule has 2 aromatic carbocycles. The molecule has 1 aliphatic heterocycles. The van der Waals surface area contributed by atoms with Crippen LogP contribution in [0.1, 0.15) is 16.8 Å². The SMILES string of the molecule is O=C(COC(=O)c1ccc(N2CCCS2(=O)=O)cc1)Nc1ccccc1F. The highest BCUT2D eigenvalue weighted by atomic mass is 32.2. The van der Waals surface area contributed by atoms with Crippen LogP contribution in [0, 0.1) is 5.82 Å². The number of hydrogen-bond acceptors (Lipinski definition) is 5. The first-order chi connectivity index (χ1) is 12.9. The molecule has 7 nitrogen and oxygen atoms in total. The standard InChI is InChI=1S/C18H17FN2O5S/c19-15-4-1-2-5-16(15)20-17(22)12-26-18(23)13-6-8-14(9-7-13)21-10-3-11-27(21,24)25/h1-2,4-9H,3,10-12H2,(H,20,22). The fourth-order valence-electron chi connectivity index (χ4n) is 2.66. The van der Waals surface area contributed by atoms with Crippen LogP contribution >= 0.6 is 0 Å². The van der Waals surface area contributed by atoms with Gasteiger partial charge in [-0.15, -0.1) is 0 Å². The maximum atomic E-state index is 13.5. The number of esters is 1. The molecular weight excluding hydrogens is 375 g/mol. The number of amides is 1. The number of rotatable bonds is 5. The molecule has 0 spiro atoms. The predicted octanol–water partition coefficient (Wildman–Crippen LogP) is 2.16. The molecule has 1 fully saturated rings. The van der Waals surface area contributed by atoms with Crippen molar-refractivity contribution in [3.05, 3.63) is 59.9 Å². The Balaban J connectivity index is 1.57. The molecule has 3 rings (SSSR count). The molecule has 1 amide bonds. The van der Waals surface area contributed by atoms with Gasteiger partial charge in [0.2, 0.25) is 10.0 Å². The van der Waals surface area contributed by atoms with Gasteiger partial charge in [0.1, 0.15) is 5.82 Å². The summed E-state index contributed by atoms with van der Waals surface area (Å²) in [5.41, 5.74) is 0.644. The zero-order valence-electron chi connectivity index (χ0n) is 14.2. The van der Waals surface area contributed by atoms with E-state index in [1.807, 2.05) is 0 Å². The van der Waals surface area contributed by atoms with Crippen molar-refractivity contribution in [1.29, 1.82) is 0 Å². The van der Waals surface area contributed by atoms with Crippen molar-refractivity contribution >= 4 is 33.3 Å². The van der Waals surface area contributed by atoms with Crippen LogP contribution in [-0.4, -0.2) is 39.2 Å². The molecule has 0 atom stereocenters. The van der Waals surface area contributed by atoms with E-state index in [0.29, 0.717) is 18.7 Å². The maximum Gasteiger partial charge on any atom is 0.338 e. The average Bonchev–Trinajstić information content (AvgIpc) is 3.01. The number of nitrogens with one attached hydrogen (secondary N) is 1. The summed E-state index contributed by atoms with van der Waals surface area (Å²) in [6.45, 7) is -0.169.